The summed E-state index contributed by atoms with van der Waals surface area (Å²) >= 11 is 0. The topological polar surface area (TPSA) is 80.5 Å². The summed E-state index contributed by atoms with van der Waals surface area (Å²) in [4.78, 5) is 14.0. The molecule has 0 aromatic heterocycles. The van der Waals surface area contributed by atoms with Gasteiger partial charge < -0.3 is 10.6 Å². The van der Waals surface area contributed by atoms with Gasteiger partial charge in [0.15, 0.2) is 9.84 Å². The molecule has 0 saturated carbocycles. The Labute approximate surface area is 119 Å². The lowest BCUT2D eigenvalue weighted by Gasteiger charge is -2.26. The Morgan fingerprint density at radius 1 is 1.45 bits per heavy atom. The molecule has 6 heteroatoms. The maximum absolute atomic E-state index is 12.4. The average molecular weight is 296 g/mol. The molecule has 20 heavy (non-hydrogen) atoms. The number of nitrogens with zero attached hydrogens (tertiary/aromatic N) is 1. The summed E-state index contributed by atoms with van der Waals surface area (Å²) in [5.74, 6) is -0.162. The highest BCUT2D eigenvalue weighted by atomic mass is 32.2. The lowest BCUT2D eigenvalue weighted by molar-refractivity contribution is -0.132. The molecular weight excluding hydrogens is 276 g/mol. The fourth-order valence-electron chi connectivity index (χ4n) is 2.54. The zero-order chi connectivity index (χ0) is 14.9. The Morgan fingerprint density at radius 3 is 2.70 bits per heavy atom. The first-order chi connectivity index (χ1) is 9.30. The highest BCUT2D eigenvalue weighted by Gasteiger charge is 2.34. The summed E-state index contributed by atoms with van der Waals surface area (Å²) in [6.45, 7) is 1.82. The molecule has 2 rings (SSSR count). The molecule has 1 aromatic rings. The Morgan fingerprint density at radius 2 is 2.15 bits per heavy atom. The molecule has 1 amide bonds. The number of carbonyl (C=O) groups excluding carboxylic acids is 1. The van der Waals surface area contributed by atoms with Crippen molar-refractivity contribution in [1.29, 1.82) is 0 Å². The summed E-state index contributed by atoms with van der Waals surface area (Å²) < 4.78 is 23.0. The molecule has 2 unspecified atom stereocenters. The van der Waals surface area contributed by atoms with E-state index in [1.807, 2.05) is 19.1 Å². The first-order valence-corrected chi connectivity index (χ1v) is 8.45. The Bertz CT molecular complexity index is 613. The van der Waals surface area contributed by atoms with Crippen LogP contribution in [0.15, 0.2) is 24.3 Å². The number of benzene rings is 1. The van der Waals surface area contributed by atoms with Gasteiger partial charge in [0.1, 0.15) is 0 Å². The number of nitrogen functional groups attached to an aromatic ring is 1. The number of nitrogens with two attached hydrogens (primary N) is 1. The molecular formula is C14H20N2O3S. The molecule has 1 aliphatic rings. The predicted octanol–water partition coefficient (Wildman–Crippen LogP) is 1.02. The van der Waals surface area contributed by atoms with Crippen molar-refractivity contribution in [1.82, 2.24) is 4.90 Å². The van der Waals surface area contributed by atoms with Crippen molar-refractivity contribution in [3.63, 3.8) is 0 Å². The standard InChI is InChI=1S/C14H20N2O3S/c1-10(11-4-3-5-12(15)8-11)14(17)16(2)13-6-7-20(18,19)9-13/h3-5,8,10,13H,6-7,9,15H2,1-2H3. The maximum Gasteiger partial charge on any atom is 0.229 e. The first-order valence-electron chi connectivity index (χ1n) is 6.63. The fraction of sp³-hybridized carbons (Fsp3) is 0.500. The van der Waals surface area contributed by atoms with E-state index in [-0.39, 0.29) is 29.4 Å². The van der Waals surface area contributed by atoms with Gasteiger partial charge in [0.25, 0.3) is 0 Å². The van der Waals surface area contributed by atoms with E-state index in [4.69, 9.17) is 5.73 Å². The highest BCUT2D eigenvalue weighted by Crippen LogP contribution is 2.23. The molecule has 5 nitrogen and oxygen atoms in total. The summed E-state index contributed by atoms with van der Waals surface area (Å²) in [6, 6.07) is 7.01. The quantitative estimate of drug-likeness (QED) is 0.844. The number of sulfone groups is 1. The van der Waals surface area contributed by atoms with E-state index in [9.17, 15) is 13.2 Å². The molecule has 1 heterocycles. The molecule has 110 valence electrons. The smallest absolute Gasteiger partial charge is 0.229 e. The van der Waals surface area contributed by atoms with Gasteiger partial charge in [-0.25, -0.2) is 8.42 Å². The van der Waals surface area contributed by atoms with Crippen molar-refractivity contribution in [2.75, 3.05) is 24.3 Å². The lowest BCUT2D eigenvalue weighted by Crippen LogP contribution is -2.40. The van der Waals surface area contributed by atoms with Gasteiger partial charge >= 0.3 is 0 Å². The van der Waals surface area contributed by atoms with E-state index in [0.717, 1.165) is 5.56 Å². The average Bonchev–Trinajstić information content (AvgIpc) is 2.76. The largest absolute Gasteiger partial charge is 0.399 e. The Balaban J connectivity index is 2.11. The van der Waals surface area contributed by atoms with Gasteiger partial charge in [0.2, 0.25) is 5.91 Å². The zero-order valence-corrected chi connectivity index (χ0v) is 12.6. The SMILES string of the molecule is CC(C(=O)N(C)C1CCS(=O)(=O)C1)c1cccc(N)c1. The maximum atomic E-state index is 12.4. The monoisotopic (exact) mass is 296 g/mol. The first kappa shape index (κ1) is 14.8. The Hall–Kier alpha value is -1.56. The van der Waals surface area contributed by atoms with Crippen molar-refractivity contribution < 1.29 is 13.2 Å². The third kappa shape index (κ3) is 3.12. The molecule has 2 N–H and O–H groups in total. The second-order valence-electron chi connectivity index (χ2n) is 5.40. The molecule has 1 saturated heterocycles. The third-order valence-corrected chi connectivity index (χ3v) is 5.64. The Kier molecular flexibility index (Phi) is 4.04. The van der Waals surface area contributed by atoms with E-state index in [1.165, 1.54) is 0 Å². The highest BCUT2D eigenvalue weighted by molar-refractivity contribution is 7.91. The second-order valence-corrected chi connectivity index (χ2v) is 7.63. The van der Waals surface area contributed by atoms with Crippen LogP contribution in [0.3, 0.4) is 0 Å². The molecule has 1 aliphatic heterocycles. The van der Waals surface area contributed by atoms with Crippen LogP contribution in [0.4, 0.5) is 5.69 Å². The van der Waals surface area contributed by atoms with Crippen molar-refractivity contribution in [3.8, 4) is 0 Å². The van der Waals surface area contributed by atoms with E-state index in [1.54, 1.807) is 24.1 Å². The summed E-state index contributed by atoms with van der Waals surface area (Å²) in [6.07, 6.45) is 0.522. The lowest BCUT2D eigenvalue weighted by atomic mass is 9.98. The van der Waals surface area contributed by atoms with Crippen molar-refractivity contribution in [2.24, 2.45) is 0 Å². The predicted molar refractivity (Wildman–Crippen MR) is 79.1 cm³/mol. The van der Waals surface area contributed by atoms with Crippen LogP contribution >= 0.6 is 0 Å². The number of hydrogen-bond acceptors (Lipinski definition) is 4. The van der Waals surface area contributed by atoms with Crippen molar-refractivity contribution in [3.05, 3.63) is 29.8 Å². The number of anilines is 1. The van der Waals surface area contributed by atoms with Gasteiger partial charge in [-0.2, -0.15) is 0 Å². The summed E-state index contributed by atoms with van der Waals surface area (Å²) in [5, 5.41) is 0. The zero-order valence-electron chi connectivity index (χ0n) is 11.7. The number of amides is 1. The van der Waals surface area contributed by atoms with Gasteiger partial charge in [-0.1, -0.05) is 12.1 Å². The summed E-state index contributed by atoms with van der Waals surface area (Å²) in [7, 11) is -1.31. The van der Waals surface area contributed by atoms with Crippen molar-refractivity contribution >= 4 is 21.4 Å². The molecule has 1 fully saturated rings. The summed E-state index contributed by atoms with van der Waals surface area (Å²) in [5.41, 5.74) is 7.19. The van der Waals surface area contributed by atoms with E-state index in [0.29, 0.717) is 12.1 Å². The van der Waals surface area contributed by atoms with Crippen LogP contribution in [0.2, 0.25) is 0 Å². The van der Waals surface area contributed by atoms with Crippen LogP contribution in [-0.2, 0) is 14.6 Å². The van der Waals surface area contributed by atoms with Gasteiger partial charge in [-0.15, -0.1) is 0 Å². The molecule has 0 spiro atoms. The van der Waals surface area contributed by atoms with Crippen LogP contribution in [0, 0.1) is 0 Å². The van der Waals surface area contributed by atoms with Crippen LogP contribution in [0.25, 0.3) is 0 Å². The van der Waals surface area contributed by atoms with E-state index >= 15 is 0 Å². The fourth-order valence-corrected chi connectivity index (χ4v) is 4.31. The second kappa shape index (κ2) is 5.44. The van der Waals surface area contributed by atoms with E-state index in [2.05, 4.69) is 0 Å². The van der Waals surface area contributed by atoms with Gasteiger partial charge in [0, 0.05) is 18.8 Å². The van der Waals surface area contributed by atoms with Crippen LogP contribution in [-0.4, -0.2) is 43.8 Å². The van der Waals surface area contributed by atoms with Crippen LogP contribution in [0.1, 0.15) is 24.8 Å². The minimum Gasteiger partial charge on any atom is -0.399 e. The number of likely N-dealkylation sites (N-methyl/N-ethyl adjacent to an activating group) is 1. The van der Waals surface area contributed by atoms with Gasteiger partial charge in [-0.3, -0.25) is 4.79 Å². The minimum absolute atomic E-state index is 0.0683. The third-order valence-electron chi connectivity index (χ3n) is 3.88. The number of hydrogen-bond donors (Lipinski definition) is 1. The van der Waals surface area contributed by atoms with Crippen LogP contribution < -0.4 is 5.73 Å². The number of rotatable bonds is 3. The van der Waals surface area contributed by atoms with E-state index < -0.39 is 9.84 Å². The van der Waals surface area contributed by atoms with Gasteiger partial charge in [0.05, 0.1) is 17.4 Å². The van der Waals surface area contributed by atoms with Gasteiger partial charge in [-0.05, 0) is 31.0 Å². The van der Waals surface area contributed by atoms with Crippen molar-refractivity contribution in [2.45, 2.75) is 25.3 Å². The molecule has 0 aliphatic carbocycles. The number of carbonyl (C=O) groups is 1. The molecule has 0 radical (unpaired) electrons. The minimum atomic E-state index is -2.98. The molecule has 1 aromatic carbocycles. The van der Waals surface area contributed by atoms with Crippen LogP contribution in [0.5, 0.6) is 0 Å². The molecule has 0 bridgehead atoms. The molecule has 2 atom stereocenters. The normalized spacial score (nSPS) is 22.4.